The number of aromatic carboxylic acids is 1. The molecule has 0 amide bonds. The average Bonchev–Trinajstić information content (AvgIpc) is 3.43. The number of carboxylic acids is 1. The summed E-state index contributed by atoms with van der Waals surface area (Å²) in [4.78, 5) is 30.3. The predicted octanol–water partition coefficient (Wildman–Crippen LogP) is 3.33. The van der Waals surface area contributed by atoms with Crippen molar-refractivity contribution in [3.63, 3.8) is 0 Å². The molecule has 0 atom stereocenters. The van der Waals surface area contributed by atoms with Crippen LogP contribution >= 0.6 is 11.5 Å². The van der Waals surface area contributed by atoms with Gasteiger partial charge in [-0.05, 0) is 29.7 Å². The zero-order valence-electron chi connectivity index (χ0n) is 18.1. The minimum absolute atomic E-state index is 0.0683. The van der Waals surface area contributed by atoms with E-state index < -0.39 is 5.97 Å². The Morgan fingerprint density at radius 3 is 2.50 bits per heavy atom. The van der Waals surface area contributed by atoms with Crippen LogP contribution in [0.2, 0.25) is 0 Å². The molecule has 34 heavy (non-hydrogen) atoms. The first-order valence-electron chi connectivity index (χ1n) is 10.6. The van der Waals surface area contributed by atoms with E-state index in [0.29, 0.717) is 36.0 Å². The molecule has 2 aromatic heterocycles. The molecule has 0 spiro atoms. The number of carboxylic acid groups (broad SMARTS) is 1. The number of hydrogen-bond acceptors (Lipinski definition) is 7. The molecular weight excluding hydrogens is 452 g/mol. The number of aromatic amines is 1. The van der Waals surface area contributed by atoms with Crippen LogP contribution in [-0.2, 0) is 6.54 Å². The number of fused-ring (bicyclic) bond motifs is 1. The Labute approximate surface area is 198 Å². The van der Waals surface area contributed by atoms with Gasteiger partial charge in [-0.1, -0.05) is 60.7 Å². The van der Waals surface area contributed by atoms with Gasteiger partial charge in [0, 0.05) is 22.7 Å². The number of nitrogens with zero attached hydrogens (tertiary/aromatic N) is 3. The maximum atomic E-state index is 11.7. The largest absolute Gasteiger partial charge is 0.545 e. The Morgan fingerprint density at radius 1 is 1.06 bits per heavy atom. The number of rotatable bonds is 7. The number of ether oxygens (including phenoxy) is 1. The van der Waals surface area contributed by atoms with Gasteiger partial charge < -0.3 is 14.6 Å². The molecule has 0 aliphatic rings. The topological polar surface area (TPSA) is 113 Å². The fraction of sp³-hybridized carbons (Fsp3) is 0.120. The van der Waals surface area contributed by atoms with Crippen LogP contribution < -0.4 is 14.7 Å². The quantitative estimate of drug-likeness (QED) is 0.390. The number of aromatic nitrogens is 4. The standard InChI is InChI=1S/C25H20N4O4S/c1-2-33-24-26-20-9-5-8-19(23(30)31)21(20)29(24)14-15-10-12-16(13-11-15)17-6-3-4-7-18(17)22-27-25(32)34-28-22/h3-13H,2,14H2,1H3,(H,30,31)(H,27,28,32)/p-1. The smallest absolute Gasteiger partial charge is 0.323 e. The first kappa shape index (κ1) is 21.6. The van der Waals surface area contributed by atoms with Gasteiger partial charge in [0.2, 0.25) is 0 Å². The van der Waals surface area contributed by atoms with Crippen molar-refractivity contribution in [3.05, 3.63) is 87.5 Å². The minimum Gasteiger partial charge on any atom is -0.545 e. The number of carbonyl (C=O) groups excluding carboxylic acids is 1. The monoisotopic (exact) mass is 471 g/mol. The van der Waals surface area contributed by atoms with Gasteiger partial charge in [-0.2, -0.15) is 9.36 Å². The molecule has 9 heteroatoms. The van der Waals surface area contributed by atoms with Crippen molar-refractivity contribution in [1.82, 2.24) is 18.9 Å². The van der Waals surface area contributed by atoms with Crippen molar-refractivity contribution in [3.8, 4) is 28.5 Å². The highest BCUT2D eigenvalue weighted by Crippen LogP contribution is 2.31. The second-order valence-corrected chi connectivity index (χ2v) is 8.30. The maximum absolute atomic E-state index is 11.7. The fourth-order valence-corrected chi connectivity index (χ4v) is 4.44. The average molecular weight is 472 g/mol. The van der Waals surface area contributed by atoms with Crippen LogP contribution in [0.15, 0.2) is 71.5 Å². The van der Waals surface area contributed by atoms with Crippen molar-refractivity contribution >= 4 is 28.5 Å². The number of H-pyrrole nitrogens is 1. The van der Waals surface area contributed by atoms with E-state index in [-0.39, 0.29) is 10.4 Å². The summed E-state index contributed by atoms with van der Waals surface area (Å²) in [6.45, 7) is 2.63. The Morgan fingerprint density at radius 2 is 1.82 bits per heavy atom. The number of para-hydroxylation sites is 1. The summed E-state index contributed by atoms with van der Waals surface area (Å²) >= 11 is 0.889. The lowest BCUT2D eigenvalue weighted by Crippen LogP contribution is -2.23. The van der Waals surface area contributed by atoms with Crippen LogP contribution in [0.5, 0.6) is 6.01 Å². The highest BCUT2D eigenvalue weighted by molar-refractivity contribution is 7.03. The van der Waals surface area contributed by atoms with Gasteiger partial charge in [-0.15, -0.1) is 0 Å². The molecular formula is C25H19N4O4S-. The van der Waals surface area contributed by atoms with E-state index in [4.69, 9.17) is 4.74 Å². The molecule has 0 saturated carbocycles. The summed E-state index contributed by atoms with van der Waals surface area (Å²) in [5.74, 6) is -0.724. The molecule has 1 N–H and O–H groups in total. The Balaban J connectivity index is 1.53. The molecule has 0 aliphatic carbocycles. The molecule has 0 fully saturated rings. The molecule has 170 valence electrons. The van der Waals surface area contributed by atoms with Crippen molar-refractivity contribution in [1.29, 1.82) is 0 Å². The summed E-state index contributed by atoms with van der Waals surface area (Å²) < 4.78 is 11.7. The Hall–Kier alpha value is -4.24. The van der Waals surface area contributed by atoms with E-state index in [1.165, 1.54) is 6.07 Å². The van der Waals surface area contributed by atoms with Crippen molar-refractivity contribution in [2.75, 3.05) is 6.61 Å². The van der Waals surface area contributed by atoms with E-state index in [9.17, 15) is 14.7 Å². The highest BCUT2D eigenvalue weighted by Gasteiger charge is 2.16. The molecule has 5 aromatic rings. The Bertz CT molecular complexity index is 1550. The number of benzene rings is 3. The predicted molar refractivity (Wildman–Crippen MR) is 128 cm³/mol. The summed E-state index contributed by atoms with van der Waals surface area (Å²) in [7, 11) is 0. The Kier molecular flexibility index (Phi) is 5.69. The third kappa shape index (κ3) is 3.97. The maximum Gasteiger partial charge on any atom is 0.323 e. The molecule has 0 saturated heterocycles. The third-order valence-corrected chi connectivity index (χ3v) is 5.99. The van der Waals surface area contributed by atoms with Crippen LogP contribution in [0.3, 0.4) is 0 Å². The fourth-order valence-electron chi connectivity index (χ4n) is 3.97. The number of nitrogens with one attached hydrogen (secondary N) is 1. The second-order valence-electron chi connectivity index (χ2n) is 7.56. The number of carbonyl (C=O) groups is 1. The minimum atomic E-state index is -1.26. The zero-order valence-corrected chi connectivity index (χ0v) is 19.0. The third-order valence-electron chi connectivity index (χ3n) is 5.45. The molecule has 3 aromatic carbocycles. The van der Waals surface area contributed by atoms with Crippen LogP contribution in [0.4, 0.5) is 0 Å². The van der Waals surface area contributed by atoms with Gasteiger partial charge in [0.1, 0.15) is 0 Å². The molecule has 5 rings (SSSR count). The molecule has 0 radical (unpaired) electrons. The lowest BCUT2D eigenvalue weighted by molar-refractivity contribution is -0.254. The lowest BCUT2D eigenvalue weighted by atomic mass is 9.98. The molecule has 8 nitrogen and oxygen atoms in total. The second kappa shape index (κ2) is 8.95. The van der Waals surface area contributed by atoms with Crippen LogP contribution in [0, 0.1) is 0 Å². The molecule has 0 bridgehead atoms. The van der Waals surface area contributed by atoms with Gasteiger partial charge in [0.15, 0.2) is 5.82 Å². The van der Waals surface area contributed by atoms with E-state index in [0.717, 1.165) is 33.8 Å². The lowest BCUT2D eigenvalue weighted by Gasteiger charge is -2.13. The van der Waals surface area contributed by atoms with Gasteiger partial charge >= 0.3 is 4.87 Å². The van der Waals surface area contributed by atoms with Gasteiger partial charge in [0.25, 0.3) is 6.01 Å². The summed E-state index contributed by atoms with van der Waals surface area (Å²) in [5, 5.41) is 11.7. The summed E-state index contributed by atoms with van der Waals surface area (Å²) in [5.41, 5.74) is 4.75. The van der Waals surface area contributed by atoms with Crippen LogP contribution in [0.25, 0.3) is 33.5 Å². The SMILES string of the molecule is CCOc1nc2cccc(C(=O)[O-])c2n1Cc1ccc(-c2ccccc2-c2nsc(=O)[nH]2)cc1. The first-order valence-corrected chi connectivity index (χ1v) is 11.4. The summed E-state index contributed by atoms with van der Waals surface area (Å²) in [6.07, 6.45) is 0. The highest BCUT2D eigenvalue weighted by atomic mass is 32.1. The molecule has 0 aliphatic heterocycles. The number of imidazole rings is 1. The normalized spacial score (nSPS) is 11.1. The van der Waals surface area contributed by atoms with Crippen molar-refractivity contribution < 1.29 is 14.6 Å². The van der Waals surface area contributed by atoms with Crippen molar-refractivity contribution in [2.24, 2.45) is 0 Å². The van der Waals surface area contributed by atoms with E-state index in [1.54, 1.807) is 16.7 Å². The van der Waals surface area contributed by atoms with Crippen LogP contribution in [-0.4, -0.2) is 31.5 Å². The zero-order chi connectivity index (χ0) is 23.7. The van der Waals surface area contributed by atoms with Gasteiger partial charge in [0.05, 0.1) is 30.2 Å². The molecule has 2 heterocycles. The first-order chi connectivity index (χ1) is 16.5. The number of hydrogen-bond donors (Lipinski definition) is 1. The van der Waals surface area contributed by atoms with Crippen molar-refractivity contribution in [2.45, 2.75) is 13.5 Å². The van der Waals surface area contributed by atoms with E-state index in [1.807, 2.05) is 55.5 Å². The molecule has 0 unspecified atom stereocenters. The van der Waals surface area contributed by atoms with E-state index in [2.05, 4.69) is 14.3 Å². The summed E-state index contributed by atoms with van der Waals surface area (Å²) in [6, 6.07) is 20.9. The van der Waals surface area contributed by atoms with Gasteiger partial charge in [-0.3, -0.25) is 14.3 Å². The van der Waals surface area contributed by atoms with Gasteiger partial charge in [-0.25, -0.2) is 0 Å². The van der Waals surface area contributed by atoms with E-state index >= 15 is 0 Å². The van der Waals surface area contributed by atoms with Crippen LogP contribution in [0.1, 0.15) is 22.8 Å².